The van der Waals surface area contributed by atoms with Gasteiger partial charge in [0, 0.05) is 26.1 Å². The lowest BCUT2D eigenvalue weighted by Crippen LogP contribution is -2.41. The molecule has 1 aliphatic rings. The van der Waals surface area contributed by atoms with Crippen LogP contribution in [0.1, 0.15) is 37.7 Å². The van der Waals surface area contributed by atoms with E-state index < -0.39 is 0 Å². The van der Waals surface area contributed by atoms with Crippen molar-refractivity contribution in [1.82, 2.24) is 10.2 Å². The minimum atomic E-state index is -0.0939. The Morgan fingerprint density at radius 2 is 1.96 bits per heavy atom. The van der Waals surface area contributed by atoms with Gasteiger partial charge in [0.15, 0.2) is 0 Å². The fourth-order valence-electron chi connectivity index (χ4n) is 2.97. The molecular weight excluding hydrogens is 330 g/mol. The fourth-order valence-corrected chi connectivity index (χ4v) is 2.97. The topological polar surface area (TPSA) is 82.4 Å². The van der Waals surface area contributed by atoms with E-state index in [1.807, 2.05) is 37.3 Å². The highest BCUT2D eigenvalue weighted by Gasteiger charge is 2.22. The van der Waals surface area contributed by atoms with Gasteiger partial charge < -0.3 is 15.0 Å². The first-order chi connectivity index (χ1) is 12.6. The molecule has 0 saturated carbocycles. The second-order valence-corrected chi connectivity index (χ2v) is 6.73. The van der Waals surface area contributed by atoms with Gasteiger partial charge in [-0.3, -0.25) is 9.59 Å². The molecule has 0 bridgehead atoms. The van der Waals surface area contributed by atoms with Crippen molar-refractivity contribution in [2.24, 2.45) is 5.92 Å². The zero-order valence-corrected chi connectivity index (χ0v) is 15.4. The van der Waals surface area contributed by atoms with Crippen LogP contribution in [0.5, 0.6) is 5.75 Å². The summed E-state index contributed by atoms with van der Waals surface area (Å²) in [5.74, 6) is 1.17. The predicted molar refractivity (Wildman–Crippen MR) is 98.5 cm³/mol. The van der Waals surface area contributed by atoms with Crippen molar-refractivity contribution in [1.29, 1.82) is 5.26 Å². The molecule has 6 heteroatoms. The van der Waals surface area contributed by atoms with Crippen LogP contribution in [0.4, 0.5) is 0 Å². The van der Waals surface area contributed by atoms with E-state index in [-0.39, 0.29) is 18.2 Å². The van der Waals surface area contributed by atoms with Crippen molar-refractivity contribution in [2.45, 2.75) is 39.0 Å². The van der Waals surface area contributed by atoms with Gasteiger partial charge in [0.1, 0.15) is 12.2 Å². The van der Waals surface area contributed by atoms with Crippen LogP contribution in [0.15, 0.2) is 24.3 Å². The van der Waals surface area contributed by atoms with Gasteiger partial charge >= 0.3 is 0 Å². The van der Waals surface area contributed by atoms with Gasteiger partial charge in [-0.25, -0.2) is 0 Å². The number of hydrogen-bond donors (Lipinski definition) is 1. The van der Waals surface area contributed by atoms with Gasteiger partial charge in [-0.2, -0.15) is 5.26 Å². The molecule has 0 atom stereocenters. The Bertz CT molecular complexity index is 629. The second kappa shape index (κ2) is 10.4. The van der Waals surface area contributed by atoms with Crippen LogP contribution < -0.4 is 10.1 Å². The van der Waals surface area contributed by atoms with E-state index in [1.165, 1.54) is 5.56 Å². The smallest absolute Gasteiger partial charge is 0.236 e. The molecule has 6 nitrogen and oxygen atoms in total. The van der Waals surface area contributed by atoms with Gasteiger partial charge in [0.25, 0.3) is 0 Å². The molecule has 1 N–H and O–H groups in total. The second-order valence-electron chi connectivity index (χ2n) is 6.73. The number of nitriles is 1. The number of nitrogens with zero attached hydrogens (tertiary/aromatic N) is 2. The zero-order valence-electron chi connectivity index (χ0n) is 15.4. The molecule has 0 radical (unpaired) electrons. The molecule has 2 rings (SSSR count). The number of carbonyl (C=O) groups is 2. The molecule has 0 spiro atoms. The number of rotatable bonds is 8. The van der Waals surface area contributed by atoms with Crippen LogP contribution in [0, 0.1) is 24.2 Å². The third-order valence-electron chi connectivity index (χ3n) is 4.62. The summed E-state index contributed by atoms with van der Waals surface area (Å²) in [7, 11) is 0. The van der Waals surface area contributed by atoms with Gasteiger partial charge in [0.2, 0.25) is 11.8 Å². The maximum absolute atomic E-state index is 11.9. The monoisotopic (exact) mass is 357 g/mol. The maximum Gasteiger partial charge on any atom is 0.236 e. The van der Waals surface area contributed by atoms with Crippen LogP contribution in [-0.4, -0.2) is 43.0 Å². The lowest BCUT2D eigenvalue weighted by molar-refractivity contribution is -0.131. The highest BCUT2D eigenvalue weighted by atomic mass is 16.5. The molecule has 1 fully saturated rings. The molecule has 0 aromatic heterocycles. The van der Waals surface area contributed by atoms with E-state index >= 15 is 0 Å². The van der Waals surface area contributed by atoms with Crippen LogP contribution in [0.3, 0.4) is 0 Å². The van der Waals surface area contributed by atoms with Gasteiger partial charge in [-0.1, -0.05) is 17.7 Å². The Hall–Kier alpha value is -2.55. The van der Waals surface area contributed by atoms with Crippen molar-refractivity contribution in [3.05, 3.63) is 29.8 Å². The Morgan fingerprint density at radius 3 is 2.62 bits per heavy atom. The number of amides is 2. The summed E-state index contributed by atoms with van der Waals surface area (Å²) in [6.07, 6.45) is 2.82. The van der Waals surface area contributed by atoms with Crippen LogP contribution in [0.25, 0.3) is 0 Å². The largest absolute Gasteiger partial charge is 0.494 e. The number of ether oxygens (including phenoxy) is 1. The van der Waals surface area contributed by atoms with E-state index in [1.54, 1.807) is 4.90 Å². The Morgan fingerprint density at radius 1 is 1.27 bits per heavy atom. The summed E-state index contributed by atoms with van der Waals surface area (Å²) in [6, 6.07) is 9.76. The summed E-state index contributed by atoms with van der Waals surface area (Å²) in [4.78, 5) is 25.3. The standard InChI is InChI=1S/C20H27N3O3/c1-16-4-6-18(7-5-16)26-14-2-3-19(24)22-15-17-9-12-23(13-10-17)20(25)8-11-21/h4-7,17H,2-3,8-10,12-15H2,1H3,(H,22,24). The first-order valence-electron chi connectivity index (χ1n) is 9.19. The number of aryl methyl sites for hydroxylation is 1. The molecule has 1 heterocycles. The average Bonchev–Trinajstić information content (AvgIpc) is 2.65. The van der Waals surface area contributed by atoms with Crippen molar-refractivity contribution < 1.29 is 14.3 Å². The highest BCUT2D eigenvalue weighted by Crippen LogP contribution is 2.17. The highest BCUT2D eigenvalue weighted by molar-refractivity contribution is 5.78. The van der Waals surface area contributed by atoms with E-state index in [2.05, 4.69) is 5.32 Å². The Balaban J connectivity index is 1.54. The van der Waals surface area contributed by atoms with E-state index in [0.717, 1.165) is 18.6 Å². The molecule has 1 aliphatic heterocycles. The molecule has 2 amide bonds. The van der Waals surface area contributed by atoms with Gasteiger partial charge in [0.05, 0.1) is 12.7 Å². The molecular formula is C20H27N3O3. The number of carbonyl (C=O) groups excluding carboxylic acids is 2. The summed E-state index contributed by atoms with van der Waals surface area (Å²) < 4.78 is 5.62. The number of hydrogen-bond acceptors (Lipinski definition) is 4. The molecule has 140 valence electrons. The van der Waals surface area contributed by atoms with Crippen LogP contribution in [0.2, 0.25) is 0 Å². The lowest BCUT2D eigenvalue weighted by Gasteiger charge is -2.31. The predicted octanol–water partition coefficient (Wildman–Crippen LogP) is 2.42. The first kappa shape index (κ1) is 19.8. The molecule has 1 saturated heterocycles. The van der Waals surface area contributed by atoms with Crippen LogP contribution in [-0.2, 0) is 9.59 Å². The van der Waals surface area contributed by atoms with E-state index in [9.17, 15) is 9.59 Å². The number of likely N-dealkylation sites (tertiary alicyclic amines) is 1. The molecule has 1 aromatic carbocycles. The fraction of sp³-hybridized carbons (Fsp3) is 0.550. The minimum absolute atomic E-state index is 0.0421. The number of nitrogens with one attached hydrogen (secondary N) is 1. The Labute approximate surface area is 155 Å². The molecule has 0 unspecified atom stereocenters. The van der Waals surface area contributed by atoms with Crippen molar-refractivity contribution in [3.8, 4) is 11.8 Å². The normalized spacial score (nSPS) is 14.5. The lowest BCUT2D eigenvalue weighted by atomic mass is 9.96. The van der Waals surface area contributed by atoms with E-state index in [4.69, 9.17) is 10.00 Å². The van der Waals surface area contributed by atoms with Gasteiger partial charge in [-0.15, -0.1) is 0 Å². The Kier molecular flexibility index (Phi) is 7.94. The number of benzene rings is 1. The first-order valence-corrected chi connectivity index (χ1v) is 9.19. The SMILES string of the molecule is Cc1ccc(OCCCC(=O)NCC2CCN(C(=O)CC#N)CC2)cc1. The third-order valence-corrected chi connectivity index (χ3v) is 4.62. The average molecular weight is 357 g/mol. The van der Waals surface area contributed by atoms with Crippen molar-refractivity contribution in [3.63, 3.8) is 0 Å². The summed E-state index contributed by atoms with van der Waals surface area (Å²) in [5, 5.41) is 11.6. The molecule has 26 heavy (non-hydrogen) atoms. The molecule has 1 aromatic rings. The third kappa shape index (κ3) is 6.75. The van der Waals surface area contributed by atoms with Gasteiger partial charge in [-0.05, 0) is 44.2 Å². The minimum Gasteiger partial charge on any atom is -0.494 e. The summed E-state index contributed by atoms with van der Waals surface area (Å²) >= 11 is 0. The van der Waals surface area contributed by atoms with Crippen molar-refractivity contribution in [2.75, 3.05) is 26.2 Å². The zero-order chi connectivity index (χ0) is 18.8. The van der Waals surface area contributed by atoms with Crippen molar-refractivity contribution >= 4 is 11.8 Å². The summed E-state index contributed by atoms with van der Waals surface area (Å²) in [5.41, 5.74) is 1.19. The molecule has 0 aliphatic carbocycles. The maximum atomic E-state index is 11.9. The van der Waals surface area contributed by atoms with E-state index in [0.29, 0.717) is 45.0 Å². The number of piperidine rings is 1. The van der Waals surface area contributed by atoms with Crippen LogP contribution >= 0.6 is 0 Å². The quantitative estimate of drug-likeness (QED) is 0.724. The summed E-state index contributed by atoms with van der Waals surface area (Å²) in [6.45, 7) is 4.55.